The van der Waals surface area contributed by atoms with Gasteiger partial charge < -0.3 is 4.90 Å². The van der Waals surface area contributed by atoms with Crippen LogP contribution in [0.3, 0.4) is 0 Å². The maximum atomic E-state index is 11.9. The lowest BCUT2D eigenvalue weighted by atomic mass is 10.2. The lowest BCUT2D eigenvalue weighted by molar-refractivity contribution is -0.133. The molecule has 0 aromatic carbocycles. The van der Waals surface area contributed by atoms with Gasteiger partial charge in [0.2, 0.25) is 5.91 Å². The summed E-state index contributed by atoms with van der Waals surface area (Å²) in [6.45, 7) is 6.97. The van der Waals surface area contributed by atoms with Crippen molar-refractivity contribution in [3.8, 4) is 0 Å². The van der Waals surface area contributed by atoms with Crippen LogP contribution in [0.2, 0.25) is 0 Å². The molecule has 0 spiro atoms. The number of hydrogen-bond donors (Lipinski definition) is 0. The molecule has 0 atom stereocenters. The van der Waals surface area contributed by atoms with Gasteiger partial charge in [0.05, 0.1) is 0 Å². The lowest BCUT2D eigenvalue weighted by Crippen LogP contribution is -2.48. The lowest BCUT2D eigenvalue weighted by Gasteiger charge is -2.34. The first-order valence-electron chi connectivity index (χ1n) is 6.81. The highest BCUT2D eigenvalue weighted by atomic mass is 32.1. The molecule has 0 radical (unpaired) electrons. The fraction of sp³-hybridized carbons (Fsp3) is 0.643. The van der Waals surface area contributed by atoms with Crippen LogP contribution in [0.5, 0.6) is 0 Å². The molecular weight excluding hydrogens is 244 g/mol. The van der Waals surface area contributed by atoms with Crippen molar-refractivity contribution in [2.45, 2.75) is 32.7 Å². The molecule has 100 valence electrons. The number of thiophene rings is 1. The van der Waals surface area contributed by atoms with E-state index in [1.165, 1.54) is 5.56 Å². The van der Waals surface area contributed by atoms with Crippen LogP contribution < -0.4 is 0 Å². The zero-order chi connectivity index (χ0) is 12.8. The van der Waals surface area contributed by atoms with Gasteiger partial charge >= 0.3 is 0 Å². The van der Waals surface area contributed by atoms with Crippen molar-refractivity contribution in [1.82, 2.24) is 9.80 Å². The Balaban J connectivity index is 1.72. The molecule has 1 saturated heterocycles. The van der Waals surface area contributed by atoms with Gasteiger partial charge in [-0.25, -0.2) is 0 Å². The molecule has 0 N–H and O–H groups in total. The Kier molecular flexibility index (Phi) is 5.20. The summed E-state index contributed by atoms with van der Waals surface area (Å²) < 4.78 is 0. The summed E-state index contributed by atoms with van der Waals surface area (Å²) in [5, 5.41) is 4.33. The second-order valence-corrected chi connectivity index (χ2v) is 5.67. The van der Waals surface area contributed by atoms with E-state index in [-0.39, 0.29) is 0 Å². The van der Waals surface area contributed by atoms with E-state index in [2.05, 4.69) is 28.7 Å². The van der Waals surface area contributed by atoms with Crippen LogP contribution in [-0.2, 0) is 11.3 Å². The smallest absolute Gasteiger partial charge is 0.222 e. The summed E-state index contributed by atoms with van der Waals surface area (Å²) in [4.78, 5) is 16.4. The number of hydrogen-bond acceptors (Lipinski definition) is 3. The quantitative estimate of drug-likeness (QED) is 0.818. The Bertz CT molecular complexity index is 356. The van der Waals surface area contributed by atoms with E-state index in [1.807, 2.05) is 4.90 Å². The maximum absolute atomic E-state index is 11.9. The van der Waals surface area contributed by atoms with Crippen LogP contribution >= 0.6 is 11.3 Å². The molecule has 2 rings (SSSR count). The van der Waals surface area contributed by atoms with E-state index < -0.39 is 0 Å². The highest BCUT2D eigenvalue weighted by Crippen LogP contribution is 2.12. The summed E-state index contributed by atoms with van der Waals surface area (Å²) >= 11 is 1.75. The van der Waals surface area contributed by atoms with Gasteiger partial charge in [-0.1, -0.05) is 13.3 Å². The van der Waals surface area contributed by atoms with Crippen molar-refractivity contribution in [3.05, 3.63) is 22.4 Å². The first-order valence-corrected chi connectivity index (χ1v) is 7.75. The summed E-state index contributed by atoms with van der Waals surface area (Å²) in [6.07, 6.45) is 2.85. The summed E-state index contributed by atoms with van der Waals surface area (Å²) in [5.41, 5.74) is 1.39. The van der Waals surface area contributed by atoms with Gasteiger partial charge in [-0.15, -0.1) is 0 Å². The predicted octanol–water partition coefficient (Wildman–Crippen LogP) is 2.58. The van der Waals surface area contributed by atoms with Gasteiger partial charge in [0.25, 0.3) is 0 Å². The molecule has 1 aliphatic rings. The van der Waals surface area contributed by atoms with E-state index in [9.17, 15) is 4.79 Å². The normalized spacial score (nSPS) is 17.1. The third kappa shape index (κ3) is 3.82. The van der Waals surface area contributed by atoms with Gasteiger partial charge in [-0.3, -0.25) is 9.69 Å². The van der Waals surface area contributed by atoms with E-state index in [4.69, 9.17) is 0 Å². The zero-order valence-corrected chi connectivity index (χ0v) is 11.9. The first kappa shape index (κ1) is 13.6. The van der Waals surface area contributed by atoms with Crippen molar-refractivity contribution in [3.63, 3.8) is 0 Å². The predicted molar refractivity (Wildman–Crippen MR) is 75.7 cm³/mol. The minimum absolute atomic E-state index is 0.340. The molecule has 4 heteroatoms. The van der Waals surface area contributed by atoms with Crippen LogP contribution in [0, 0.1) is 0 Å². The first-order chi connectivity index (χ1) is 8.79. The molecule has 3 nitrogen and oxygen atoms in total. The number of carbonyl (C=O) groups is 1. The maximum Gasteiger partial charge on any atom is 0.222 e. The van der Waals surface area contributed by atoms with Gasteiger partial charge in [-0.2, -0.15) is 11.3 Å². The van der Waals surface area contributed by atoms with Gasteiger partial charge in [0, 0.05) is 39.1 Å². The van der Waals surface area contributed by atoms with Gasteiger partial charge in [-0.05, 0) is 28.8 Å². The van der Waals surface area contributed by atoms with Crippen LogP contribution in [-0.4, -0.2) is 41.9 Å². The Morgan fingerprint density at radius 2 is 2.11 bits per heavy atom. The molecule has 1 fully saturated rings. The number of nitrogens with zero attached hydrogens (tertiary/aromatic N) is 2. The number of unbranched alkanes of at least 4 members (excludes halogenated alkanes) is 1. The molecular formula is C14H22N2OS. The summed E-state index contributed by atoms with van der Waals surface area (Å²) in [7, 11) is 0. The second kappa shape index (κ2) is 6.90. The molecule has 0 aliphatic carbocycles. The molecule has 18 heavy (non-hydrogen) atoms. The standard InChI is InChI=1S/C14H22N2OS/c1-2-3-4-14(17)16-8-6-15(7-9-16)11-13-5-10-18-12-13/h5,10,12H,2-4,6-9,11H2,1H3. The van der Waals surface area contributed by atoms with Crippen molar-refractivity contribution < 1.29 is 4.79 Å². The molecule has 0 unspecified atom stereocenters. The zero-order valence-electron chi connectivity index (χ0n) is 11.1. The van der Waals surface area contributed by atoms with E-state index in [1.54, 1.807) is 11.3 Å². The van der Waals surface area contributed by atoms with Crippen LogP contribution in [0.1, 0.15) is 31.7 Å². The Labute approximate surface area is 113 Å². The monoisotopic (exact) mass is 266 g/mol. The number of carbonyl (C=O) groups excluding carboxylic acids is 1. The topological polar surface area (TPSA) is 23.6 Å². The Hall–Kier alpha value is -0.870. The third-order valence-electron chi connectivity index (χ3n) is 3.46. The fourth-order valence-corrected chi connectivity index (χ4v) is 2.94. The highest BCUT2D eigenvalue weighted by Gasteiger charge is 2.20. The van der Waals surface area contributed by atoms with Crippen LogP contribution in [0.15, 0.2) is 16.8 Å². The SMILES string of the molecule is CCCCC(=O)N1CCN(Cc2ccsc2)CC1. The van der Waals surface area contributed by atoms with Crippen molar-refractivity contribution in [1.29, 1.82) is 0 Å². The minimum Gasteiger partial charge on any atom is -0.340 e. The number of piperazine rings is 1. The van der Waals surface area contributed by atoms with E-state index >= 15 is 0 Å². The molecule has 2 heterocycles. The van der Waals surface area contributed by atoms with Crippen molar-refractivity contribution >= 4 is 17.2 Å². The summed E-state index contributed by atoms with van der Waals surface area (Å²) in [5.74, 6) is 0.340. The third-order valence-corrected chi connectivity index (χ3v) is 4.19. The van der Waals surface area contributed by atoms with Gasteiger partial charge in [0.15, 0.2) is 0 Å². The fourth-order valence-electron chi connectivity index (χ4n) is 2.28. The molecule has 0 bridgehead atoms. The number of amides is 1. The van der Waals surface area contributed by atoms with Crippen molar-refractivity contribution in [2.24, 2.45) is 0 Å². The molecule has 1 aliphatic heterocycles. The average molecular weight is 266 g/mol. The second-order valence-electron chi connectivity index (χ2n) is 4.89. The molecule has 1 aromatic heterocycles. The van der Waals surface area contributed by atoms with Crippen molar-refractivity contribution in [2.75, 3.05) is 26.2 Å². The molecule has 1 aromatic rings. The highest BCUT2D eigenvalue weighted by molar-refractivity contribution is 7.07. The number of rotatable bonds is 5. The van der Waals surface area contributed by atoms with Crippen LogP contribution in [0.4, 0.5) is 0 Å². The molecule has 0 saturated carbocycles. The van der Waals surface area contributed by atoms with E-state index in [0.717, 1.165) is 52.0 Å². The Morgan fingerprint density at radius 1 is 1.33 bits per heavy atom. The Morgan fingerprint density at radius 3 is 2.72 bits per heavy atom. The summed E-state index contributed by atoms with van der Waals surface area (Å²) in [6, 6.07) is 2.18. The average Bonchev–Trinajstić information content (AvgIpc) is 2.89. The molecule has 1 amide bonds. The van der Waals surface area contributed by atoms with Crippen LogP contribution in [0.25, 0.3) is 0 Å². The largest absolute Gasteiger partial charge is 0.340 e. The van der Waals surface area contributed by atoms with Gasteiger partial charge in [0.1, 0.15) is 0 Å². The minimum atomic E-state index is 0.340. The van der Waals surface area contributed by atoms with E-state index in [0.29, 0.717) is 5.91 Å².